The summed E-state index contributed by atoms with van der Waals surface area (Å²) in [5.41, 5.74) is -0.0630. The van der Waals surface area contributed by atoms with Crippen molar-refractivity contribution in [1.29, 1.82) is 0 Å². The van der Waals surface area contributed by atoms with E-state index in [0.29, 0.717) is 0 Å². The predicted molar refractivity (Wildman–Crippen MR) is 42.7 cm³/mol. The first-order valence-electron chi connectivity index (χ1n) is 3.50. The van der Waals surface area contributed by atoms with Crippen molar-refractivity contribution in [3.8, 4) is 0 Å². The van der Waals surface area contributed by atoms with Gasteiger partial charge in [0.1, 0.15) is 21.2 Å². The summed E-state index contributed by atoms with van der Waals surface area (Å²) in [6.07, 6.45) is 0. The second-order valence-corrected chi connectivity index (χ2v) is 3.90. The van der Waals surface area contributed by atoms with Crippen LogP contribution in [-0.2, 0) is 10.1 Å². The van der Waals surface area contributed by atoms with Crippen LogP contribution in [0.25, 0.3) is 11.0 Å². The minimum Gasteiger partial charge on any atom is -0.744 e. The van der Waals surface area contributed by atoms with Crippen LogP contribution in [0.2, 0.25) is 0 Å². The molecule has 0 saturated heterocycles. The molecule has 15 heavy (non-hydrogen) atoms. The summed E-state index contributed by atoms with van der Waals surface area (Å²) in [6, 6.07) is 3.87. The number of nitrogens with zero attached hydrogens (tertiary/aromatic N) is 3. The second kappa shape index (κ2) is 4.06. The van der Waals surface area contributed by atoms with E-state index in [2.05, 4.69) is 10.3 Å². The zero-order valence-electron chi connectivity index (χ0n) is 7.65. The number of fused-ring (bicyclic) bond motifs is 1. The smallest absolute Gasteiger partial charge is 0.744 e. The molecule has 7 nitrogen and oxygen atoms in total. The van der Waals surface area contributed by atoms with E-state index < -0.39 is 15.0 Å². The average molecular weight is 237 g/mol. The molecule has 74 valence electrons. The van der Waals surface area contributed by atoms with Gasteiger partial charge in [0.15, 0.2) is 0 Å². The van der Waals surface area contributed by atoms with Crippen molar-refractivity contribution in [2.75, 3.05) is 0 Å². The maximum atomic E-state index is 10.8. The van der Waals surface area contributed by atoms with Crippen LogP contribution in [-0.4, -0.2) is 33.3 Å². The predicted octanol–water partition coefficient (Wildman–Crippen LogP) is -3.42. The number of rotatable bonds is 1. The van der Waals surface area contributed by atoms with Crippen molar-refractivity contribution >= 4 is 21.2 Å². The number of benzene rings is 1. The van der Waals surface area contributed by atoms with Crippen molar-refractivity contribution in [3.05, 3.63) is 18.2 Å². The van der Waals surface area contributed by atoms with Crippen LogP contribution in [0.15, 0.2) is 23.1 Å². The van der Waals surface area contributed by atoms with E-state index in [1.54, 1.807) is 0 Å². The Morgan fingerprint density at radius 3 is 2.67 bits per heavy atom. The molecule has 1 aromatic carbocycles. The van der Waals surface area contributed by atoms with E-state index in [-0.39, 0.29) is 45.4 Å². The molecule has 0 fully saturated rings. The van der Waals surface area contributed by atoms with Gasteiger partial charge < -0.3 is 9.76 Å². The van der Waals surface area contributed by atoms with E-state index in [0.717, 1.165) is 6.07 Å². The fourth-order valence-corrected chi connectivity index (χ4v) is 1.80. The van der Waals surface area contributed by atoms with Gasteiger partial charge in [-0.2, -0.15) is 0 Å². The second-order valence-electron chi connectivity index (χ2n) is 2.56. The standard InChI is InChI=1S/C6H5N3O4S.Na/c10-9-6-4(7-8-9)2-1-3-5(6)14(11,12)13;/h1-3,10H,(H,11,12,13);/q;+1/p-1. The maximum absolute atomic E-state index is 10.8. The van der Waals surface area contributed by atoms with Gasteiger partial charge in [-0.15, -0.1) is 5.10 Å². The molecular weight excluding hydrogens is 233 g/mol. The van der Waals surface area contributed by atoms with E-state index in [1.807, 2.05) is 0 Å². The molecule has 0 spiro atoms. The van der Waals surface area contributed by atoms with E-state index in [4.69, 9.17) is 5.21 Å². The Morgan fingerprint density at radius 2 is 2.07 bits per heavy atom. The van der Waals surface area contributed by atoms with Crippen molar-refractivity contribution in [1.82, 2.24) is 15.2 Å². The fraction of sp³-hybridized carbons (Fsp3) is 0. The molecule has 2 rings (SSSR count). The fourth-order valence-electron chi connectivity index (χ4n) is 1.13. The number of para-hydroxylation sites is 1. The van der Waals surface area contributed by atoms with Crippen LogP contribution >= 0.6 is 0 Å². The Labute approximate surface area is 107 Å². The van der Waals surface area contributed by atoms with Crippen molar-refractivity contribution in [3.63, 3.8) is 0 Å². The third-order valence-electron chi connectivity index (χ3n) is 1.68. The Kier molecular flexibility index (Phi) is 3.36. The number of hydrogen-bond donors (Lipinski definition) is 1. The SMILES string of the molecule is O=S(=O)([O-])c1cccc2nnn(O)c12.[Na+]. The van der Waals surface area contributed by atoms with Gasteiger partial charge in [-0.25, -0.2) is 8.42 Å². The van der Waals surface area contributed by atoms with Crippen LogP contribution in [0.3, 0.4) is 0 Å². The Hall–Kier alpha value is -0.670. The first-order valence-corrected chi connectivity index (χ1v) is 4.90. The molecule has 2 aromatic rings. The molecule has 0 saturated carbocycles. The van der Waals surface area contributed by atoms with Gasteiger partial charge in [0.25, 0.3) is 0 Å². The molecule has 0 amide bonds. The summed E-state index contributed by atoms with van der Waals surface area (Å²) >= 11 is 0. The first-order chi connectivity index (χ1) is 6.50. The maximum Gasteiger partial charge on any atom is 1.00 e. The number of aromatic nitrogens is 3. The quantitative estimate of drug-likeness (QED) is 0.314. The molecule has 0 bridgehead atoms. The Morgan fingerprint density at radius 1 is 1.40 bits per heavy atom. The third kappa shape index (κ3) is 2.13. The van der Waals surface area contributed by atoms with Crippen LogP contribution < -0.4 is 29.6 Å². The molecule has 0 unspecified atom stereocenters. The molecular formula is C6H4N3NaO4S. The Bertz CT molecular complexity index is 593. The summed E-state index contributed by atoms with van der Waals surface area (Å²) in [7, 11) is -4.63. The molecule has 1 aromatic heterocycles. The van der Waals surface area contributed by atoms with Crippen LogP contribution in [0, 0.1) is 0 Å². The summed E-state index contributed by atoms with van der Waals surface area (Å²) < 4.78 is 32.3. The van der Waals surface area contributed by atoms with Gasteiger partial charge in [0.05, 0.1) is 4.90 Å². The van der Waals surface area contributed by atoms with Crippen molar-refractivity contribution in [2.24, 2.45) is 0 Å². The average Bonchev–Trinajstić information content (AvgIpc) is 2.46. The summed E-state index contributed by atoms with van der Waals surface area (Å²) in [5, 5.41) is 15.7. The Balaban J connectivity index is 0.00000112. The van der Waals surface area contributed by atoms with Gasteiger partial charge >= 0.3 is 29.6 Å². The topological polar surface area (TPSA) is 108 Å². The van der Waals surface area contributed by atoms with Gasteiger partial charge in [-0.3, -0.25) is 0 Å². The molecule has 0 aliphatic heterocycles. The first kappa shape index (κ1) is 12.4. The minimum atomic E-state index is -4.63. The van der Waals surface area contributed by atoms with E-state index in [1.165, 1.54) is 12.1 Å². The van der Waals surface area contributed by atoms with E-state index in [9.17, 15) is 13.0 Å². The zero-order valence-corrected chi connectivity index (χ0v) is 10.5. The number of hydrogen-bond acceptors (Lipinski definition) is 6. The zero-order chi connectivity index (χ0) is 10.3. The molecule has 1 heterocycles. The van der Waals surface area contributed by atoms with E-state index >= 15 is 0 Å². The minimum absolute atomic E-state index is 0. The largest absolute Gasteiger partial charge is 1.00 e. The molecule has 0 radical (unpaired) electrons. The monoisotopic (exact) mass is 237 g/mol. The molecule has 1 N–H and O–H groups in total. The molecule has 9 heteroatoms. The van der Waals surface area contributed by atoms with Crippen LogP contribution in [0.1, 0.15) is 0 Å². The summed E-state index contributed by atoms with van der Waals surface area (Å²) in [5.74, 6) is 0. The molecule has 0 aliphatic rings. The normalized spacial score (nSPS) is 11.3. The molecule has 0 aliphatic carbocycles. The third-order valence-corrected chi connectivity index (χ3v) is 2.55. The summed E-state index contributed by atoms with van der Waals surface area (Å²) in [6.45, 7) is 0. The molecule has 0 atom stereocenters. The summed E-state index contributed by atoms with van der Waals surface area (Å²) in [4.78, 5) is -0.275. The van der Waals surface area contributed by atoms with Gasteiger partial charge in [-0.1, -0.05) is 10.9 Å². The van der Waals surface area contributed by atoms with Gasteiger partial charge in [0.2, 0.25) is 0 Å². The van der Waals surface area contributed by atoms with Crippen molar-refractivity contribution < 1.29 is 47.7 Å². The van der Waals surface area contributed by atoms with Crippen molar-refractivity contribution in [2.45, 2.75) is 4.90 Å². The van der Waals surface area contributed by atoms with Crippen LogP contribution in [0.4, 0.5) is 0 Å². The van der Waals surface area contributed by atoms with Gasteiger partial charge in [0, 0.05) is 0 Å². The van der Waals surface area contributed by atoms with Gasteiger partial charge in [-0.05, 0) is 17.3 Å². The van der Waals surface area contributed by atoms with Crippen LogP contribution in [0.5, 0.6) is 0 Å².